The van der Waals surface area contributed by atoms with Crippen LogP contribution in [-0.4, -0.2) is 23.6 Å². The Hall–Kier alpha value is -2.63. The summed E-state index contributed by atoms with van der Waals surface area (Å²) in [6, 6.07) is 10.9. The van der Waals surface area contributed by atoms with Gasteiger partial charge in [0.05, 0.1) is 12.0 Å². The van der Waals surface area contributed by atoms with Crippen LogP contribution in [0.1, 0.15) is 11.3 Å². The first-order chi connectivity index (χ1) is 10.1. The van der Waals surface area contributed by atoms with Gasteiger partial charge in [-0.25, -0.2) is 4.98 Å². The van der Waals surface area contributed by atoms with Gasteiger partial charge < -0.3 is 10.1 Å². The van der Waals surface area contributed by atoms with Gasteiger partial charge >= 0.3 is 0 Å². The van der Waals surface area contributed by atoms with E-state index in [2.05, 4.69) is 10.3 Å². The highest BCUT2D eigenvalue weighted by atomic mass is 16.6. The molecule has 21 heavy (non-hydrogen) atoms. The molecule has 0 unspecified atom stereocenters. The zero-order valence-electron chi connectivity index (χ0n) is 12.0. The van der Waals surface area contributed by atoms with Gasteiger partial charge in [0.15, 0.2) is 0 Å². The first-order valence-corrected chi connectivity index (χ1v) is 6.59. The molecule has 0 atom stereocenters. The average Bonchev–Trinajstić information content (AvgIpc) is 2.47. The average molecular weight is 287 g/mol. The maximum Gasteiger partial charge on any atom is 0.290 e. The summed E-state index contributed by atoms with van der Waals surface area (Å²) in [6.07, 6.45) is 0.814. The first kappa shape index (κ1) is 14.8. The van der Waals surface area contributed by atoms with Crippen LogP contribution in [0, 0.1) is 17.0 Å². The van der Waals surface area contributed by atoms with Crippen molar-refractivity contribution in [2.75, 3.05) is 19.0 Å². The Bertz CT molecular complexity index is 644. The number of nitrogens with one attached hydrogen (secondary N) is 1. The topological polar surface area (TPSA) is 77.3 Å². The lowest BCUT2D eigenvalue weighted by Crippen LogP contribution is -2.07. The normalized spacial score (nSPS) is 10.2. The molecule has 1 heterocycles. The Morgan fingerprint density at radius 2 is 2.14 bits per heavy atom. The Kier molecular flexibility index (Phi) is 4.71. The number of hydrogen-bond donors (Lipinski definition) is 1. The number of rotatable bonds is 6. The zero-order chi connectivity index (χ0) is 15.2. The number of nitrogens with zero attached hydrogens (tertiary/aromatic N) is 2. The first-order valence-electron chi connectivity index (χ1n) is 6.59. The molecule has 0 aliphatic carbocycles. The van der Waals surface area contributed by atoms with Crippen molar-refractivity contribution in [3.8, 4) is 5.75 Å². The third kappa shape index (κ3) is 3.92. The minimum absolute atomic E-state index is 0.0355. The SMILES string of the molecule is COc1cccc(CCNc2ccc([N+](=O)[O-])c(C)n2)c1. The third-order valence-corrected chi connectivity index (χ3v) is 3.11. The lowest BCUT2D eigenvalue weighted by atomic mass is 10.1. The van der Waals surface area contributed by atoms with Gasteiger partial charge in [-0.3, -0.25) is 10.1 Å². The van der Waals surface area contributed by atoms with Crippen LogP contribution >= 0.6 is 0 Å². The number of methoxy groups -OCH3 is 1. The molecule has 0 amide bonds. The van der Waals surface area contributed by atoms with Crippen molar-refractivity contribution in [2.24, 2.45) is 0 Å². The van der Waals surface area contributed by atoms with Gasteiger partial charge in [-0.15, -0.1) is 0 Å². The fourth-order valence-corrected chi connectivity index (χ4v) is 2.01. The number of aryl methyl sites for hydroxylation is 1. The van der Waals surface area contributed by atoms with Crippen molar-refractivity contribution in [1.82, 2.24) is 4.98 Å². The summed E-state index contributed by atoms with van der Waals surface area (Å²) in [4.78, 5) is 14.5. The van der Waals surface area contributed by atoms with Crippen molar-refractivity contribution in [2.45, 2.75) is 13.3 Å². The predicted octanol–water partition coefficient (Wildman–Crippen LogP) is 2.96. The second-order valence-corrected chi connectivity index (χ2v) is 4.59. The Morgan fingerprint density at radius 3 is 2.81 bits per heavy atom. The summed E-state index contributed by atoms with van der Waals surface area (Å²) in [5.41, 5.74) is 1.60. The largest absolute Gasteiger partial charge is 0.497 e. The van der Waals surface area contributed by atoms with Gasteiger partial charge in [0.2, 0.25) is 0 Å². The van der Waals surface area contributed by atoms with E-state index in [0.717, 1.165) is 17.7 Å². The molecule has 0 saturated heterocycles. The van der Waals surface area contributed by atoms with E-state index >= 15 is 0 Å². The van der Waals surface area contributed by atoms with E-state index in [1.54, 1.807) is 20.1 Å². The van der Waals surface area contributed by atoms with Gasteiger partial charge in [-0.1, -0.05) is 12.1 Å². The van der Waals surface area contributed by atoms with Crippen LogP contribution in [-0.2, 0) is 6.42 Å². The highest BCUT2D eigenvalue weighted by Gasteiger charge is 2.11. The maximum atomic E-state index is 10.7. The van der Waals surface area contributed by atoms with Crippen LogP contribution in [0.25, 0.3) is 0 Å². The smallest absolute Gasteiger partial charge is 0.290 e. The van der Waals surface area contributed by atoms with Crippen LogP contribution in [0.15, 0.2) is 36.4 Å². The molecule has 0 spiro atoms. The van der Waals surface area contributed by atoms with Crippen molar-refractivity contribution in [1.29, 1.82) is 0 Å². The lowest BCUT2D eigenvalue weighted by molar-refractivity contribution is -0.385. The molecule has 2 aromatic rings. The van der Waals surface area contributed by atoms with Gasteiger partial charge in [0.25, 0.3) is 5.69 Å². The van der Waals surface area contributed by atoms with Crippen LogP contribution in [0.2, 0.25) is 0 Å². The number of anilines is 1. The van der Waals surface area contributed by atoms with Gasteiger partial charge in [0, 0.05) is 12.6 Å². The molecule has 2 rings (SSSR count). The fourth-order valence-electron chi connectivity index (χ4n) is 2.01. The van der Waals surface area contributed by atoms with Crippen molar-refractivity contribution in [3.05, 3.63) is 57.8 Å². The molecule has 0 fully saturated rings. The monoisotopic (exact) mass is 287 g/mol. The van der Waals surface area contributed by atoms with Gasteiger partial charge in [-0.2, -0.15) is 0 Å². The summed E-state index contributed by atoms with van der Waals surface area (Å²) in [5.74, 6) is 1.47. The third-order valence-electron chi connectivity index (χ3n) is 3.11. The molecule has 1 aromatic carbocycles. The summed E-state index contributed by atoms with van der Waals surface area (Å²) in [6.45, 7) is 2.32. The quantitative estimate of drug-likeness (QED) is 0.653. The van der Waals surface area contributed by atoms with Crippen LogP contribution in [0.3, 0.4) is 0 Å². The Balaban J connectivity index is 1.94. The number of pyridine rings is 1. The summed E-state index contributed by atoms with van der Waals surface area (Å²) < 4.78 is 5.17. The second kappa shape index (κ2) is 6.69. The van der Waals surface area contributed by atoms with E-state index in [1.165, 1.54) is 6.07 Å². The molecular formula is C15H17N3O3. The van der Waals surface area contributed by atoms with E-state index < -0.39 is 4.92 Å². The summed E-state index contributed by atoms with van der Waals surface area (Å²) in [5, 5.41) is 13.9. The molecule has 6 nitrogen and oxygen atoms in total. The standard InChI is InChI=1S/C15H17N3O3/c1-11-14(18(19)20)6-7-15(17-11)16-9-8-12-4-3-5-13(10-12)21-2/h3-7,10H,8-9H2,1-2H3,(H,16,17). The van der Waals surface area contributed by atoms with Crippen molar-refractivity contribution >= 4 is 11.5 Å². The highest BCUT2D eigenvalue weighted by molar-refractivity contribution is 5.45. The lowest BCUT2D eigenvalue weighted by Gasteiger charge is -2.07. The number of nitro groups is 1. The fraction of sp³-hybridized carbons (Fsp3) is 0.267. The van der Waals surface area contributed by atoms with Gasteiger partial charge in [-0.05, 0) is 37.1 Å². The maximum absolute atomic E-state index is 10.7. The van der Waals surface area contributed by atoms with Crippen molar-refractivity contribution in [3.63, 3.8) is 0 Å². The van der Waals surface area contributed by atoms with E-state index in [-0.39, 0.29) is 5.69 Å². The molecule has 0 saturated carbocycles. The molecular weight excluding hydrogens is 270 g/mol. The summed E-state index contributed by atoms with van der Waals surface area (Å²) >= 11 is 0. The minimum Gasteiger partial charge on any atom is -0.497 e. The summed E-state index contributed by atoms with van der Waals surface area (Å²) in [7, 11) is 1.64. The number of hydrogen-bond acceptors (Lipinski definition) is 5. The van der Waals surface area contributed by atoms with Crippen LogP contribution < -0.4 is 10.1 Å². The molecule has 0 aliphatic rings. The van der Waals surface area contributed by atoms with E-state index in [1.807, 2.05) is 24.3 Å². The molecule has 6 heteroatoms. The number of benzene rings is 1. The van der Waals surface area contributed by atoms with Gasteiger partial charge in [0.1, 0.15) is 17.3 Å². The Morgan fingerprint density at radius 1 is 1.33 bits per heavy atom. The number of ether oxygens (including phenoxy) is 1. The number of aromatic nitrogens is 1. The Labute approximate surface area is 122 Å². The molecule has 110 valence electrons. The molecule has 0 radical (unpaired) electrons. The molecule has 1 N–H and O–H groups in total. The van der Waals surface area contributed by atoms with E-state index in [4.69, 9.17) is 4.74 Å². The van der Waals surface area contributed by atoms with Crippen LogP contribution in [0.4, 0.5) is 11.5 Å². The van der Waals surface area contributed by atoms with E-state index in [9.17, 15) is 10.1 Å². The van der Waals surface area contributed by atoms with Crippen molar-refractivity contribution < 1.29 is 9.66 Å². The minimum atomic E-state index is -0.428. The predicted molar refractivity (Wildman–Crippen MR) is 80.8 cm³/mol. The highest BCUT2D eigenvalue weighted by Crippen LogP contribution is 2.18. The molecule has 0 bridgehead atoms. The van der Waals surface area contributed by atoms with Crippen LogP contribution in [0.5, 0.6) is 5.75 Å². The molecule has 1 aromatic heterocycles. The molecule has 0 aliphatic heterocycles. The van der Waals surface area contributed by atoms with E-state index in [0.29, 0.717) is 18.1 Å². The zero-order valence-corrected chi connectivity index (χ0v) is 12.0. The second-order valence-electron chi connectivity index (χ2n) is 4.59.